The molecule has 310 valence electrons. The molecule has 10 atom stereocenters. The first kappa shape index (κ1) is 39.0. The maximum Gasteiger partial charge on any atom is 0.313 e. The van der Waals surface area contributed by atoms with Gasteiger partial charge in [0.25, 0.3) is 5.91 Å². The summed E-state index contributed by atoms with van der Waals surface area (Å²) in [6.07, 6.45) is 11.0. The zero-order chi connectivity index (χ0) is 41.8. The van der Waals surface area contributed by atoms with Crippen LogP contribution in [-0.2, 0) is 20.9 Å². The van der Waals surface area contributed by atoms with E-state index in [2.05, 4.69) is 32.1 Å². The Morgan fingerprint density at radius 2 is 1.54 bits per heavy atom. The van der Waals surface area contributed by atoms with E-state index in [1.54, 1.807) is 4.90 Å². The Bertz CT molecular complexity index is 2420. The number of rotatable bonds is 7. The van der Waals surface area contributed by atoms with Crippen LogP contribution in [0.15, 0.2) is 84.5 Å². The van der Waals surface area contributed by atoms with E-state index >= 15 is 4.79 Å². The number of hydrogen-bond acceptors (Lipinski definition) is 6. The second-order valence-electron chi connectivity index (χ2n) is 20.7. The summed E-state index contributed by atoms with van der Waals surface area (Å²) in [5.41, 5.74) is -5.37. The fourth-order valence-electron chi connectivity index (χ4n) is 14.5. The van der Waals surface area contributed by atoms with Crippen molar-refractivity contribution in [3.8, 4) is 0 Å². The topological polar surface area (TPSA) is 104 Å². The highest BCUT2D eigenvalue weighted by Gasteiger charge is 2.78. The number of hydrogen-bond donors (Lipinski definition) is 2. The third-order valence-corrected chi connectivity index (χ3v) is 18.5. The first-order valence-corrected chi connectivity index (χ1v) is 21.7. The molecule has 3 aromatic carbocycles. The molecule has 5 fully saturated rings. The monoisotopic (exact) mass is 803 g/mol. The molecule has 11 rings (SSSR count). The van der Waals surface area contributed by atoms with Crippen LogP contribution in [-0.4, -0.2) is 56.6 Å². The maximum absolute atomic E-state index is 15.5. The molecule has 59 heavy (non-hydrogen) atoms. The number of benzene rings is 3. The third-order valence-electron chi connectivity index (χ3n) is 18.5. The minimum Gasteiger partial charge on any atom is -0.448 e. The van der Waals surface area contributed by atoms with Crippen LogP contribution < -0.4 is 0 Å². The number of amides is 1. The first-order chi connectivity index (χ1) is 27.8. The summed E-state index contributed by atoms with van der Waals surface area (Å²) in [6.45, 7) is 10.4. The Labute approximate surface area is 344 Å². The van der Waals surface area contributed by atoms with Crippen molar-refractivity contribution >= 4 is 28.4 Å². The summed E-state index contributed by atoms with van der Waals surface area (Å²) < 4.78 is 35.2. The van der Waals surface area contributed by atoms with Crippen LogP contribution in [0.4, 0.5) is 8.78 Å². The molecule has 9 heteroatoms. The van der Waals surface area contributed by atoms with Gasteiger partial charge in [0, 0.05) is 39.3 Å². The summed E-state index contributed by atoms with van der Waals surface area (Å²) in [4.78, 5) is 45.7. The second-order valence-corrected chi connectivity index (χ2v) is 20.7. The molecule has 2 N–H and O–H groups in total. The molecule has 8 aliphatic rings. The molecule has 4 saturated carbocycles. The van der Waals surface area contributed by atoms with E-state index in [1.165, 1.54) is 6.07 Å². The predicted octanol–water partition coefficient (Wildman–Crippen LogP) is 9.04. The molecule has 7 aliphatic carbocycles. The zero-order valence-corrected chi connectivity index (χ0v) is 34.7. The van der Waals surface area contributed by atoms with Crippen molar-refractivity contribution in [3.05, 3.63) is 107 Å². The van der Waals surface area contributed by atoms with Gasteiger partial charge in [0.15, 0.2) is 23.0 Å². The van der Waals surface area contributed by atoms with Gasteiger partial charge in [0.05, 0.1) is 23.7 Å². The molecule has 2 spiro atoms. The van der Waals surface area contributed by atoms with E-state index in [9.17, 15) is 28.6 Å². The lowest BCUT2D eigenvalue weighted by atomic mass is 9.32. The summed E-state index contributed by atoms with van der Waals surface area (Å²) in [6, 6.07) is 17.4. The molecule has 1 saturated heterocycles. The van der Waals surface area contributed by atoms with Crippen molar-refractivity contribution in [3.63, 3.8) is 0 Å². The number of esters is 1. The van der Waals surface area contributed by atoms with Gasteiger partial charge in [-0.05, 0) is 116 Å². The summed E-state index contributed by atoms with van der Waals surface area (Å²) in [5.74, 6) is -3.37. The maximum atomic E-state index is 15.5. The van der Waals surface area contributed by atoms with Gasteiger partial charge in [-0.15, -0.1) is 0 Å². The Kier molecular flexibility index (Phi) is 8.06. The fraction of sp³-hybridized carbons (Fsp3) is 0.540. The molecule has 1 unspecified atom stereocenters. The van der Waals surface area contributed by atoms with Gasteiger partial charge in [-0.2, -0.15) is 0 Å². The van der Waals surface area contributed by atoms with Gasteiger partial charge in [-0.3, -0.25) is 14.4 Å². The van der Waals surface area contributed by atoms with E-state index in [0.29, 0.717) is 56.9 Å². The normalized spacial score (nSPS) is 40.9. The molecular weight excluding hydrogens is 749 g/mol. The molecule has 4 bridgehead atoms. The van der Waals surface area contributed by atoms with Crippen LogP contribution in [0.1, 0.15) is 108 Å². The van der Waals surface area contributed by atoms with E-state index in [4.69, 9.17) is 4.74 Å². The van der Waals surface area contributed by atoms with Gasteiger partial charge in [0.2, 0.25) is 0 Å². The van der Waals surface area contributed by atoms with Crippen molar-refractivity contribution in [1.82, 2.24) is 4.90 Å². The highest BCUT2D eigenvalue weighted by atomic mass is 19.2. The van der Waals surface area contributed by atoms with Crippen molar-refractivity contribution in [2.24, 2.45) is 44.3 Å². The molecule has 1 amide bonds. The minimum atomic E-state index is -1.40. The van der Waals surface area contributed by atoms with Gasteiger partial charge in [0.1, 0.15) is 0 Å². The second kappa shape index (κ2) is 12.2. The molecular formula is C50H55F2NO6. The SMILES string of the molecule is CC1(C)[C@@]2(C)CC[C@]1(C(=O)N(Cc1cccc3ccccc13)C[C@]1(O)CC[C@H]3[C@]45C=C[C@@]6(C=C4C(=O)c4ccc(F)c(F)c4)CC(O)CC[C@]6(C)[C@H]5CC[C@@]31C)OC2=O. The van der Waals surface area contributed by atoms with Gasteiger partial charge in [-0.1, -0.05) is 88.4 Å². The number of carbonyl (C=O) groups is 3. The van der Waals surface area contributed by atoms with E-state index < -0.39 is 56.0 Å². The van der Waals surface area contributed by atoms with Crippen LogP contribution in [0.2, 0.25) is 0 Å². The number of allylic oxidation sites excluding steroid dienone is 4. The van der Waals surface area contributed by atoms with Crippen LogP contribution in [0.3, 0.4) is 0 Å². The van der Waals surface area contributed by atoms with Crippen molar-refractivity contribution in [1.29, 1.82) is 0 Å². The average molecular weight is 804 g/mol. The van der Waals surface area contributed by atoms with Gasteiger partial charge >= 0.3 is 5.97 Å². The molecule has 0 radical (unpaired) electrons. The number of carbonyl (C=O) groups excluding carboxylic acids is 3. The number of fused-ring (bicyclic) bond motifs is 4. The standard InChI is InChI=1S/C50H55F2NO6/c1-43(2)46(5)21-24-50(43,59-42(46)57)41(56)53(28-32-11-8-10-30-9-6-7-12-34(30)32)29-48(58)20-17-39-45(48,4)19-16-38-44(3)18-15-33(54)26-47(44)22-23-49(38,39)35(27-47)40(55)31-13-14-36(51)37(52)25-31/h6-14,22-23,25,27,33,38-39,54,58H,15-21,24,26,28-29H2,1-5H3/t33?,38-,39-,44-,45+,46+,47+,48-,49-,50-/m1/s1. The summed E-state index contributed by atoms with van der Waals surface area (Å²) in [7, 11) is 0. The largest absolute Gasteiger partial charge is 0.448 e. The van der Waals surface area contributed by atoms with Crippen LogP contribution in [0.25, 0.3) is 10.8 Å². The minimum absolute atomic E-state index is 0.00216. The quantitative estimate of drug-likeness (QED) is 0.140. The Morgan fingerprint density at radius 1 is 0.831 bits per heavy atom. The van der Waals surface area contributed by atoms with Gasteiger partial charge < -0.3 is 19.8 Å². The summed E-state index contributed by atoms with van der Waals surface area (Å²) in [5, 5.41) is 26.6. The Balaban J connectivity index is 1.08. The number of halogens is 2. The van der Waals surface area contributed by atoms with Crippen LogP contribution >= 0.6 is 0 Å². The summed E-state index contributed by atoms with van der Waals surface area (Å²) >= 11 is 0. The van der Waals surface area contributed by atoms with Crippen LogP contribution in [0, 0.1) is 56.0 Å². The lowest BCUT2D eigenvalue weighted by Gasteiger charge is -2.71. The molecule has 1 heterocycles. The highest BCUT2D eigenvalue weighted by molar-refractivity contribution is 6.10. The first-order valence-electron chi connectivity index (χ1n) is 21.7. The Morgan fingerprint density at radius 3 is 2.27 bits per heavy atom. The number of aliphatic hydroxyl groups is 2. The van der Waals surface area contributed by atoms with E-state index in [1.807, 2.05) is 63.2 Å². The van der Waals surface area contributed by atoms with Crippen LogP contribution in [0.5, 0.6) is 0 Å². The molecule has 0 aromatic heterocycles. The van der Waals surface area contributed by atoms with E-state index in [0.717, 1.165) is 34.9 Å². The number of aliphatic hydroxyl groups excluding tert-OH is 1. The molecule has 3 aromatic rings. The van der Waals surface area contributed by atoms with Crippen molar-refractivity contribution in [2.75, 3.05) is 6.54 Å². The predicted molar refractivity (Wildman–Crippen MR) is 219 cm³/mol. The van der Waals surface area contributed by atoms with Gasteiger partial charge in [-0.25, -0.2) is 8.78 Å². The van der Waals surface area contributed by atoms with Crippen molar-refractivity contribution < 1.29 is 38.1 Å². The lowest BCUT2D eigenvalue weighted by Crippen LogP contribution is -2.67. The fourth-order valence-corrected chi connectivity index (χ4v) is 14.5. The smallest absolute Gasteiger partial charge is 0.313 e. The molecule has 1 aliphatic heterocycles. The number of Topliss-reactive ketones (excluding diaryl/α,β-unsaturated/α-hetero) is 1. The zero-order valence-electron chi connectivity index (χ0n) is 34.7. The number of ether oxygens (including phenoxy) is 1. The lowest BCUT2D eigenvalue weighted by molar-refractivity contribution is -0.187. The molecule has 7 nitrogen and oxygen atoms in total. The number of ketones is 1. The highest BCUT2D eigenvalue weighted by Crippen LogP contribution is 2.78. The van der Waals surface area contributed by atoms with Crippen molar-refractivity contribution in [2.45, 2.75) is 116 Å². The van der Waals surface area contributed by atoms with E-state index in [-0.39, 0.29) is 53.6 Å². The third kappa shape index (κ3) is 4.67. The number of nitrogens with zero attached hydrogens (tertiary/aromatic N) is 1. The Hall–Kier alpha value is -4.21. The average Bonchev–Trinajstić information content (AvgIpc) is 3.66.